The Morgan fingerprint density at radius 1 is 1.18 bits per heavy atom. The van der Waals surface area contributed by atoms with E-state index >= 15 is 0 Å². The third-order valence-corrected chi connectivity index (χ3v) is 5.21. The molecule has 5 nitrogen and oxygen atoms in total. The van der Waals surface area contributed by atoms with E-state index in [0.717, 1.165) is 6.04 Å². The fraction of sp³-hybridized carbons (Fsp3) is 0.727. The highest BCUT2D eigenvalue weighted by atomic mass is 28.4. The number of ether oxygens (including phenoxy) is 2. The lowest BCUT2D eigenvalue weighted by atomic mass is 10.4. The number of esters is 1. The van der Waals surface area contributed by atoms with Gasteiger partial charge in [0, 0.05) is 32.4 Å². The first-order valence-corrected chi connectivity index (χ1v) is 7.98. The molecule has 0 bridgehead atoms. The van der Waals surface area contributed by atoms with E-state index in [0.29, 0.717) is 18.8 Å². The van der Waals surface area contributed by atoms with Gasteiger partial charge >= 0.3 is 14.5 Å². The molecule has 0 spiro atoms. The highest BCUT2D eigenvalue weighted by molar-refractivity contribution is 6.65. The van der Waals surface area contributed by atoms with Gasteiger partial charge in [-0.1, -0.05) is 6.58 Å². The smallest absolute Gasteiger partial charge is 0.336 e. The zero-order valence-electron chi connectivity index (χ0n) is 11.1. The summed E-state index contributed by atoms with van der Waals surface area (Å²) in [5.41, 5.74) is 0.392. The van der Waals surface area contributed by atoms with Gasteiger partial charge in [0.15, 0.2) is 0 Å². The first-order chi connectivity index (χ1) is 7.95. The maximum Gasteiger partial charge on any atom is 0.336 e. The maximum absolute atomic E-state index is 11.0. The summed E-state index contributed by atoms with van der Waals surface area (Å²) in [7, 11) is 1.24. The van der Waals surface area contributed by atoms with E-state index in [1.165, 1.54) is 0 Å². The number of rotatable bonds is 9. The Labute approximate surface area is 104 Å². The van der Waals surface area contributed by atoms with Gasteiger partial charge in [-0.2, -0.15) is 0 Å². The van der Waals surface area contributed by atoms with E-state index in [1.54, 1.807) is 21.1 Å². The summed E-state index contributed by atoms with van der Waals surface area (Å²) in [5.74, 6) is -0.387. The van der Waals surface area contributed by atoms with Gasteiger partial charge in [-0.25, -0.2) is 4.79 Å². The Kier molecular flexibility index (Phi) is 8.06. The number of carbonyl (C=O) groups excluding carboxylic acids is 1. The van der Waals surface area contributed by atoms with Gasteiger partial charge in [-0.3, -0.25) is 0 Å². The van der Waals surface area contributed by atoms with Crippen molar-refractivity contribution in [1.82, 2.24) is 0 Å². The van der Waals surface area contributed by atoms with Gasteiger partial charge in [-0.15, -0.1) is 0 Å². The van der Waals surface area contributed by atoms with E-state index in [2.05, 4.69) is 6.58 Å². The predicted octanol–water partition coefficient (Wildman–Crippen LogP) is 1.49. The van der Waals surface area contributed by atoms with Crippen LogP contribution in [0.15, 0.2) is 12.2 Å². The van der Waals surface area contributed by atoms with Crippen LogP contribution < -0.4 is 0 Å². The van der Waals surface area contributed by atoms with Crippen LogP contribution in [0.2, 0.25) is 12.6 Å². The molecular formula is C11H22O5Si. The Balaban J connectivity index is 3.53. The van der Waals surface area contributed by atoms with Crippen LogP contribution in [0.5, 0.6) is 0 Å². The van der Waals surface area contributed by atoms with Gasteiger partial charge in [0.05, 0.1) is 6.61 Å². The molecule has 100 valence electrons. The lowest BCUT2D eigenvalue weighted by Crippen LogP contribution is -2.37. The third-order valence-electron chi connectivity index (χ3n) is 2.37. The van der Waals surface area contributed by atoms with Crippen molar-refractivity contribution in [1.29, 1.82) is 0 Å². The van der Waals surface area contributed by atoms with Crippen LogP contribution >= 0.6 is 0 Å². The average molecular weight is 262 g/mol. The maximum atomic E-state index is 11.0. The standard InChI is InChI=1S/C11H22O5Si/c1-10(2)11(12)16-7-6-15-8-9-17(5,13-3)14-4/h1,6-9H2,2-5H3. The Hall–Kier alpha value is -0.693. The molecule has 0 fully saturated rings. The van der Waals surface area contributed by atoms with Crippen LogP contribution in [0.1, 0.15) is 6.92 Å². The second-order valence-electron chi connectivity index (χ2n) is 3.82. The van der Waals surface area contributed by atoms with Crippen LogP contribution in [0.4, 0.5) is 0 Å². The van der Waals surface area contributed by atoms with E-state index in [1.807, 2.05) is 6.55 Å². The van der Waals surface area contributed by atoms with Crippen molar-refractivity contribution < 1.29 is 23.1 Å². The van der Waals surface area contributed by atoms with Gasteiger partial charge in [-0.05, 0) is 13.5 Å². The summed E-state index contributed by atoms with van der Waals surface area (Å²) in [6.45, 7) is 8.21. The van der Waals surface area contributed by atoms with Crippen molar-refractivity contribution in [3.63, 3.8) is 0 Å². The summed E-state index contributed by atoms with van der Waals surface area (Å²) in [6.07, 6.45) is 0. The van der Waals surface area contributed by atoms with Crippen LogP contribution in [0, 0.1) is 0 Å². The van der Waals surface area contributed by atoms with Gasteiger partial charge in [0.2, 0.25) is 0 Å². The second kappa shape index (κ2) is 8.41. The molecule has 0 aromatic rings. The molecule has 0 saturated carbocycles. The molecule has 0 aliphatic carbocycles. The molecule has 0 heterocycles. The van der Waals surface area contributed by atoms with Crippen molar-refractivity contribution in [3.05, 3.63) is 12.2 Å². The Morgan fingerprint density at radius 2 is 1.76 bits per heavy atom. The zero-order valence-corrected chi connectivity index (χ0v) is 12.1. The number of hydrogen-bond acceptors (Lipinski definition) is 5. The molecule has 6 heteroatoms. The molecule has 0 N–H and O–H groups in total. The van der Waals surface area contributed by atoms with Crippen LogP contribution in [0.25, 0.3) is 0 Å². The Bertz CT molecular complexity index is 250. The Morgan fingerprint density at radius 3 is 2.24 bits per heavy atom. The second-order valence-corrected chi connectivity index (χ2v) is 7.40. The fourth-order valence-corrected chi connectivity index (χ4v) is 2.05. The lowest BCUT2D eigenvalue weighted by Gasteiger charge is -2.22. The molecule has 0 aromatic heterocycles. The van der Waals surface area contributed by atoms with E-state index in [4.69, 9.17) is 18.3 Å². The number of hydrogen-bond donors (Lipinski definition) is 0. The normalized spacial score (nSPS) is 11.3. The van der Waals surface area contributed by atoms with E-state index < -0.39 is 8.56 Å². The molecule has 0 unspecified atom stereocenters. The van der Waals surface area contributed by atoms with Crippen molar-refractivity contribution in [2.45, 2.75) is 19.5 Å². The van der Waals surface area contributed by atoms with Crippen molar-refractivity contribution in [2.24, 2.45) is 0 Å². The SMILES string of the molecule is C=C(C)C(=O)OCCOCC[Si](C)(OC)OC. The summed E-state index contributed by atoms with van der Waals surface area (Å²) < 4.78 is 20.8. The lowest BCUT2D eigenvalue weighted by molar-refractivity contribution is -0.140. The molecule has 0 radical (unpaired) electrons. The molecule has 0 amide bonds. The van der Waals surface area contributed by atoms with Crippen LogP contribution in [-0.4, -0.2) is 48.6 Å². The van der Waals surface area contributed by atoms with Crippen LogP contribution in [0.3, 0.4) is 0 Å². The van der Waals surface area contributed by atoms with Gasteiger partial charge < -0.3 is 18.3 Å². The highest BCUT2D eigenvalue weighted by Crippen LogP contribution is 2.10. The molecule has 0 atom stereocenters. The molecule has 17 heavy (non-hydrogen) atoms. The van der Waals surface area contributed by atoms with E-state index in [-0.39, 0.29) is 12.6 Å². The summed E-state index contributed by atoms with van der Waals surface area (Å²) in [5, 5.41) is 0. The fourth-order valence-electron chi connectivity index (χ4n) is 0.964. The minimum atomic E-state index is -2.04. The summed E-state index contributed by atoms with van der Waals surface area (Å²) >= 11 is 0. The average Bonchev–Trinajstić information content (AvgIpc) is 2.32. The minimum Gasteiger partial charge on any atom is -0.460 e. The van der Waals surface area contributed by atoms with Crippen LogP contribution in [-0.2, 0) is 23.1 Å². The summed E-state index contributed by atoms with van der Waals surface area (Å²) in [6, 6.07) is 0.744. The molecule has 0 aliphatic heterocycles. The van der Waals surface area contributed by atoms with Crippen molar-refractivity contribution in [2.75, 3.05) is 34.0 Å². The molecule has 0 aromatic carbocycles. The van der Waals surface area contributed by atoms with Gasteiger partial charge in [0.1, 0.15) is 6.61 Å². The zero-order chi connectivity index (χ0) is 13.3. The quantitative estimate of drug-likeness (QED) is 0.273. The number of carbonyl (C=O) groups is 1. The topological polar surface area (TPSA) is 54.0 Å². The van der Waals surface area contributed by atoms with Gasteiger partial charge in [0.25, 0.3) is 0 Å². The monoisotopic (exact) mass is 262 g/mol. The minimum absolute atomic E-state index is 0.240. The van der Waals surface area contributed by atoms with E-state index in [9.17, 15) is 4.79 Å². The first kappa shape index (κ1) is 16.3. The molecular weight excluding hydrogens is 240 g/mol. The third kappa shape index (κ3) is 7.27. The molecule has 0 saturated heterocycles. The highest BCUT2D eigenvalue weighted by Gasteiger charge is 2.27. The van der Waals surface area contributed by atoms with Crippen molar-refractivity contribution in [3.8, 4) is 0 Å². The molecule has 0 aliphatic rings. The van der Waals surface area contributed by atoms with Crippen molar-refractivity contribution >= 4 is 14.5 Å². The molecule has 0 rings (SSSR count). The predicted molar refractivity (Wildman–Crippen MR) is 67.0 cm³/mol. The first-order valence-electron chi connectivity index (χ1n) is 5.46. The summed E-state index contributed by atoms with van der Waals surface area (Å²) in [4.78, 5) is 11.0. The largest absolute Gasteiger partial charge is 0.460 e.